The van der Waals surface area contributed by atoms with E-state index >= 15 is 0 Å². The minimum atomic E-state index is -0.462. The summed E-state index contributed by atoms with van der Waals surface area (Å²) in [5.41, 5.74) is 0. The second-order valence-corrected chi connectivity index (χ2v) is 7.33. The Bertz CT molecular complexity index is 354. The van der Waals surface area contributed by atoms with Crippen molar-refractivity contribution in [3.8, 4) is 0 Å². The van der Waals surface area contributed by atoms with Crippen molar-refractivity contribution >= 4 is 11.9 Å². The Morgan fingerprint density at radius 2 is 0.654 bits per heavy atom. The molecule has 0 aromatic rings. The van der Waals surface area contributed by atoms with Crippen LogP contribution in [0.5, 0.6) is 0 Å². The first kappa shape index (κ1) is 22.7. The molecule has 1 aliphatic rings. The van der Waals surface area contributed by atoms with Gasteiger partial charge in [0.25, 0.3) is 0 Å². The Kier molecular flexibility index (Phi) is 15.0. The molecule has 0 bridgehead atoms. The monoisotopic (exact) mass is 366 g/mol. The summed E-state index contributed by atoms with van der Waals surface area (Å²) >= 11 is 0. The van der Waals surface area contributed by atoms with E-state index < -0.39 is 11.9 Å². The molecule has 1 rings (SSSR count). The first-order chi connectivity index (χ1) is 12.8. The summed E-state index contributed by atoms with van der Waals surface area (Å²) in [7, 11) is 0. The van der Waals surface area contributed by atoms with Crippen LogP contribution in [0.2, 0.25) is 0 Å². The maximum Gasteiger partial charge on any atom is 0.331 e. The Morgan fingerprint density at radius 1 is 0.423 bits per heavy atom. The molecule has 0 fully saturated rings. The SMILES string of the molecule is O=C1C=CC(=O)OCCCCCCCCCCCCCCCCCCO1. The van der Waals surface area contributed by atoms with Gasteiger partial charge < -0.3 is 9.47 Å². The summed E-state index contributed by atoms with van der Waals surface area (Å²) in [5.74, 6) is -0.923. The van der Waals surface area contributed by atoms with Gasteiger partial charge in [-0.25, -0.2) is 9.59 Å². The van der Waals surface area contributed by atoms with E-state index in [1.54, 1.807) is 0 Å². The highest BCUT2D eigenvalue weighted by Crippen LogP contribution is 2.13. The highest BCUT2D eigenvalue weighted by atomic mass is 16.5. The van der Waals surface area contributed by atoms with E-state index in [0.29, 0.717) is 13.2 Å². The van der Waals surface area contributed by atoms with Gasteiger partial charge in [-0.15, -0.1) is 0 Å². The van der Waals surface area contributed by atoms with Gasteiger partial charge in [-0.1, -0.05) is 89.9 Å². The van der Waals surface area contributed by atoms with Gasteiger partial charge in [0, 0.05) is 12.2 Å². The molecule has 0 saturated carbocycles. The Balaban J connectivity index is 2.22. The van der Waals surface area contributed by atoms with Crippen LogP contribution in [-0.2, 0) is 19.1 Å². The normalized spacial score (nSPS) is 22.0. The van der Waals surface area contributed by atoms with Crippen LogP contribution in [0.1, 0.15) is 103 Å². The molecule has 0 atom stereocenters. The molecular weight excluding hydrogens is 328 g/mol. The van der Waals surface area contributed by atoms with Crippen molar-refractivity contribution in [2.24, 2.45) is 0 Å². The van der Waals surface area contributed by atoms with E-state index in [1.165, 1.54) is 89.2 Å². The average Bonchev–Trinajstić information content (AvgIpc) is 2.64. The third-order valence-electron chi connectivity index (χ3n) is 4.88. The van der Waals surface area contributed by atoms with E-state index in [1.807, 2.05) is 0 Å². The molecule has 1 aliphatic heterocycles. The van der Waals surface area contributed by atoms with Crippen molar-refractivity contribution in [1.82, 2.24) is 0 Å². The van der Waals surface area contributed by atoms with E-state index in [0.717, 1.165) is 25.7 Å². The Labute approximate surface area is 159 Å². The van der Waals surface area contributed by atoms with Gasteiger partial charge in [0.1, 0.15) is 0 Å². The molecule has 0 spiro atoms. The van der Waals surface area contributed by atoms with Crippen LogP contribution in [0, 0.1) is 0 Å². The van der Waals surface area contributed by atoms with Gasteiger partial charge in [-0.05, 0) is 12.8 Å². The molecule has 4 nitrogen and oxygen atoms in total. The lowest BCUT2D eigenvalue weighted by atomic mass is 10.0. The summed E-state index contributed by atoms with van der Waals surface area (Å²) in [6, 6.07) is 0. The van der Waals surface area contributed by atoms with Crippen LogP contribution in [-0.4, -0.2) is 25.2 Å². The van der Waals surface area contributed by atoms with Crippen LogP contribution < -0.4 is 0 Å². The maximum atomic E-state index is 11.5. The number of ether oxygens (including phenoxy) is 2. The lowest BCUT2D eigenvalue weighted by molar-refractivity contribution is -0.140. The fourth-order valence-electron chi connectivity index (χ4n) is 3.26. The summed E-state index contributed by atoms with van der Waals surface area (Å²) < 4.78 is 10.2. The number of carbonyl (C=O) groups is 2. The summed E-state index contributed by atoms with van der Waals surface area (Å²) in [6.45, 7) is 0.858. The Hall–Kier alpha value is -1.32. The van der Waals surface area contributed by atoms with Crippen LogP contribution >= 0.6 is 0 Å². The van der Waals surface area contributed by atoms with Crippen molar-refractivity contribution in [1.29, 1.82) is 0 Å². The van der Waals surface area contributed by atoms with E-state index in [4.69, 9.17) is 9.47 Å². The van der Waals surface area contributed by atoms with Gasteiger partial charge in [0.2, 0.25) is 0 Å². The van der Waals surface area contributed by atoms with E-state index in [-0.39, 0.29) is 0 Å². The molecule has 26 heavy (non-hydrogen) atoms. The summed E-state index contributed by atoms with van der Waals surface area (Å²) in [5, 5.41) is 0. The van der Waals surface area contributed by atoms with Crippen molar-refractivity contribution in [2.75, 3.05) is 13.2 Å². The number of rotatable bonds is 0. The quantitative estimate of drug-likeness (QED) is 0.502. The minimum absolute atomic E-state index is 0.429. The first-order valence-electron chi connectivity index (χ1n) is 10.8. The zero-order chi connectivity index (χ0) is 18.7. The molecule has 0 saturated heterocycles. The van der Waals surface area contributed by atoms with Gasteiger partial charge >= 0.3 is 11.9 Å². The molecule has 0 amide bonds. The zero-order valence-corrected chi connectivity index (χ0v) is 16.5. The van der Waals surface area contributed by atoms with Gasteiger partial charge in [-0.3, -0.25) is 0 Å². The average molecular weight is 367 g/mol. The second-order valence-electron chi connectivity index (χ2n) is 7.33. The zero-order valence-electron chi connectivity index (χ0n) is 16.5. The molecule has 0 radical (unpaired) electrons. The predicted molar refractivity (Wildman–Crippen MR) is 105 cm³/mol. The fraction of sp³-hybridized carbons (Fsp3) is 0.818. The standard InChI is InChI=1S/C22H38O4/c23-21-17-18-22(24)26-20-16-14-12-10-8-6-4-2-1-3-5-7-9-11-13-15-19-25-21/h17-18H,1-16,19-20H2. The minimum Gasteiger partial charge on any atom is -0.463 e. The van der Waals surface area contributed by atoms with Crippen molar-refractivity contribution < 1.29 is 19.1 Å². The number of hydrogen-bond donors (Lipinski definition) is 0. The Morgan fingerprint density at radius 3 is 0.923 bits per heavy atom. The molecule has 0 aromatic heterocycles. The summed E-state index contributed by atoms with van der Waals surface area (Å²) in [6.07, 6.45) is 22.2. The molecule has 0 aromatic carbocycles. The van der Waals surface area contributed by atoms with E-state index in [9.17, 15) is 9.59 Å². The smallest absolute Gasteiger partial charge is 0.331 e. The first-order valence-corrected chi connectivity index (χ1v) is 10.8. The molecule has 0 unspecified atom stereocenters. The molecule has 4 heteroatoms. The number of cyclic esters (lactones) is 2. The van der Waals surface area contributed by atoms with E-state index in [2.05, 4.69) is 0 Å². The number of esters is 2. The van der Waals surface area contributed by atoms with Gasteiger partial charge in [0.05, 0.1) is 13.2 Å². The number of carbonyl (C=O) groups excluding carboxylic acids is 2. The molecule has 1 heterocycles. The second kappa shape index (κ2) is 17.1. The molecular formula is C22H38O4. The molecule has 0 N–H and O–H groups in total. The van der Waals surface area contributed by atoms with Gasteiger partial charge in [-0.2, -0.15) is 0 Å². The number of hydrogen-bond acceptors (Lipinski definition) is 4. The summed E-state index contributed by atoms with van der Waals surface area (Å²) in [4.78, 5) is 23.0. The lowest BCUT2D eigenvalue weighted by Crippen LogP contribution is -2.06. The van der Waals surface area contributed by atoms with Crippen LogP contribution in [0.15, 0.2) is 12.2 Å². The highest BCUT2D eigenvalue weighted by molar-refractivity contribution is 5.91. The van der Waals surface area contributed by atoms with Crippen LogP contribution in [0.3, 0.4) is 0 Å². The maximum absolute atomic E-state index is 11.5. The topological polar surface area (TPSA) is 52.6 Å². The van der Waals surface area contributed by atoms with Crippen molar-refractivity contribution in [3.05, 3.63) is 12.2 Å². The van der Waals surface area contributed by atoms with Crippen LogP contribution in [0.4, 0.5) is 0 Å². The van der Waals surface area contributed by atoms with Crippen molar-refractivity contribution in [3.63, 3.8) is 0 Å². The third kappa shape index (κ3) is 15.0. The van der Waals surface area contributed by atoms with Gasteiger partial charge in [0.15, 0.2) is 0 Å². The largest absolute Gasteiger partial charge is 0.463 e. The molecule has 0 aliphatic carbocycles. The lowest BCUT2D eigenvalue weighted by Gasteiger charge is -2.05. The molecule has 150 valence electrons. The highest BCUT2D eigenvalue weighted by Gasteiger charge is 2.02. The third-order valence-corrected chi connectivity index (χ3v) is 4.88. The predicted octanol–water partition coefficient (Wildman–Crippen LogP) is 5.88. The van der Waals surface area contributed by atoms with Crippen molar-refractivity contribution in [2.45, 2.75) is 103 Å². The van der Waals surface area contributed by atoms with Crippen LogP contribution in [0.25, 0.3) is 0 Å². The fourth-order valence-corrected chi connectivity index (χ4v) is 3.26.